The lowest BCUT2D eigenvalue weighted by molar-refractivity contribution is 0.101. The molecule has 0 atom stereocenters. The number of fused-ring (bicyclic) bond motifs is 1. The number of ether oxygens (including phenoxy) is 1. The molecule has 0 saturated carbocycles. The fraction of sp³-hybridized carbons (Fsp3) is 0.208. The van der Waals surface area contributed by atoms with Crippen LogP contribution in [0.1, 0.15) is 16.2 Å². The van der Waals surface area contributed by atoms with Crippen LogP contribution in [0, 0.1) is 5.41 Å². The minimum Gasteiger partial charge on any atom is -0.398 e. The number of nitrogens with one attached hydrogen (secondary N) is 3. The van der Waals surface area contributed by atoms with E-state index in [0.717, 1.165) is 20.5 Å². The zero-order valence-electron chi connectivity index (χ0n) is 19.0. The van der Waals surface area contributed by atoms with E-state index in [2.05, 4.69) is 37.7 Å². The number of hydrogen-bond donors (Lipinski definition) is 4. The molecule has 1 amide bonds. The van der Waals surface area contributed by atoms with Crippen molar-refractivity contribution in [3.05, 3.63) is 53.9 Å². The minimum atomic E-state index is -0.485. The van der Waals surface area contributed by atoms with E-state index in [1.54, 1.807) is 24.5 Å². The molecule has 0 spiro atoms. The van der Waals surface area contributed by atoms with Crippen LogP contribution in [0.3, 0.4) is 0 Å². The third-order valence-corrected chi connectivity index (χ3v) is 6.81. The average Bonchev–Trinajstić information content (AvgIpc) is 3.34. The molecule has 0 unspecified atom stereocenters. The number of nitrogens with zero attached hydrogens (tertiary/aromatic N) is 4. The zero-order chi connectivity index (χ0) is 24.4. The Hall–Kier alpha value is -4.09. The first-order valence-corrected chi connectivity index (χ1v) is 11.9. The maximum atomic E-state index is 13.2. The quantitative estimate of drug-likeness (QED) is 0.239. The summed E-state index contributed by atoms with van der Waals surface area (Å²) < 4.78 is 6.53. The monoisotopic (exact) mass is 488 g/mol. The highest BCUT2D eigenvalue weighted by molar-refractivity contribution is 7.22. The van der Waals surface area contributed by atoms with Crippen molar-refractivity contribution in [2.45, 2.75) is 0 Å². The third-order valence-electron chi connectivity index (χ3n) is 5.66. The number of nitrogens with two attached hydrogens (primary N) is 1. The number of thiophene rings is 1. The van der Waals surface area contributed by atoms with E-state index in [1.165, 1.54) is 6.21 Å². The first kappa shape index (κ1) is 22.7. The predicted octanol–water partition coefficient (Wildman–Crippen LogP) is 3.46. The van der Waals surface area contributed by atoms with Gasteiger partial charge >= 0.3 is 0 Å². The summed E-state index contributed by atoms with van der Waals surface area (Å²) in [5.41, 5.74) is 8.63. The summed E-state index contributed by atoms with van der Waals surface area (Å²) in [4.78, 5) is 29.1. The van der Waals surface area contributed by atoms with Crippen LogP contribution >= 0.6 is 11.3 Å². The second-order valence-corrected chi connectivity index (χ2v) is 8.99. The van der Waals surface area contributed by atoms with E-state index in [1.807, 2.05) is 29.2 Å². The zero-order valence-corrected chi connectivity index (χ0v) is 19.9. The molecule has 5 N–H and O–H groups in total. The second kappa shape index (κ2) is 9.65. The van der Waals surface area contributed by atoms with E-state index in [0.29, 0.717) is 55.1 Å². The van der Waals surface area contributed by atoms with Crippen LogP contribution in [0.4, 0.5) is 23.3 Å². The molecule has 35 heavy (non-hydrogen) atoms. The van der Waals surface area contributed by atoms with Gasteiger partial charge < -0.3 is 31.4 Å². The maximum Gasteiger partial charge on any atom is 0.293 e. The second-order valence-electron chi connectivity index (χ2n) is 7.91. The molecule has 1 aliphatic rings. The summed E-state index contributed by atoms with van der Waals surface area (Å²) in [7, 11) is 1.69. The number of nitrogen functional groups attached to an aromatic ring is 1. The van der Waals surface area contributed by atoms with Crippen molar-refractivity contribution in [1.82, 2.24) is 15.0 Å². The molecule has 1 saturated heterocycles. The lowest BCUT2D eigenvalue weighted by Gasteiger charge is -2.26. The van der Waals surface area contributed by atoms with Crippen LogP contribution in [0.15, 0.2) is 42.5 Å². The number of rotatable bonds is 6. The van der Waals surface area contributed by atoms with Gasteiger partial charge in [0.15, 0.2) is 0 Å². The van der Waals surface area contributed by atoms with Gasteiger partial charge in [-0.15, -0.1) is 11.3 Å². The highest BCUT2D eigenvalue weighted by Crippen LogP contribution is 2.39. The number of aromatic nitrogens is 3. The number of benzene rings is 2. The van der Waals surface area contributed by atoms with Crippen LogP contribution in [0.25, 0.3) is 20.5 Å². The molecule has 2 aromatic carbocycles. The van der Waals surface area contributed by atoms with E-state index in [4.69, 9.17) is 15.9 Å². The molecular formula is C24H24N8O2S. The highest BCUT2D eigenvalue weighted by Gasteiger charge is 2.20. The van der Waals surface area contributed by atoms with Crippen LogP contribution < -0.4 is 21.3 Å². The Kier molecular flexibility index (Phi) is 6.25. The maximum absolute atomic E-state index is 13.2. The van der Waals surface area contributed by atoms with Gasteiger partial charge in [-0.1, -0.05) is 18.2 Å². The molecule has 1 fully saturated rings. The number of morpholine rings is 1. The number of carbonyl (C=O) groups is 1. The van der Waals surface area contributed by atoms with E-state index >= 15 is 0 Å². The molecule has 3 heterocycles. The van der Waals surface area contributed by atoms with Gasteiger partial charge in [-0.25, -0.2) is 0 Å². The van der Waals surface area contributed by atoms with Gasteiger partial charge in [-0.2, -0.15) is 15.0 Å². The standard InChI is InChI=1S/C24H24N8O2S/c1-27-23-29-21(30-24(31-23)32-6-8-34-9-7-32)22(33)28-16-10-15(13-25)20(26)17(12-16)19-11-14-4-2-3-5-18(14)35-19/h2-5,10-13,25H,6-9,26H2,1H3,(H,28,33)(H,27,29,30,31). The van der Waals surface area contributed by atoms with Gasteiger partial charge in [-0.3, -0.25) is 4.79 Å². The van der Waals surface area contributed by atoms with Gasteiger partial charge in [0, 0.05) is 58.4 Å². The van der Waals surface area contributed by atoms with Crippen LogP contribution in [0.5, 0.6) is 0 Å². The molecule has 0 aliphatic carbocycles. The summed E-state index contributed by atoms with van der Waals surface area (Å²) in [5, 5.41) is 14.7. The molecule has 4 aromatic rings. The summed E-state index contributed by atoms with van der Waals surface area (Å²) in [6.07, 6.45) is 1.18. The van der Waals surface area contributed by atoms with Crippen LogP contribution in [-0.4, -0.2) is 60.4 Å². The molecule has 2 aromatic heterocycles. The number of hydrogen-bond acceptors (Lipinski definition) is 10. The molecule has 5 rings (SSSR count). The first-order chi connectivity index (χ1) is 17.1. The molecule has 178 valence electrons. The van der Waals surface area contributed by atoms with Crippen molar-refractivity contribution in [3.63, 3.8) is 0 Å². The fourth-order valence-electron chi connectivity index (χ4n) is 3.86. The third kappa shape index (κ3) is 4.63. The normalized spacial score (nSPS) is 13.6. The topological polar surface area (TPSA) is 142 Å². The van der Waals surface area contributed by atoms with Gasteiger partial charge in [-0.05, 0) is 29.7 Å². The number of carbonyl (C=O) groups excluding carboxylic acids is 1. The van der Waals surface area contributed by atoms with Crippen LogP contribution in [0.2, 0.25) is 0 Å². The van der Waals surface area contributed by atoms with Crippen molar-refractivity contribution in [3.8, 4) is 10.4 Å². The van der Waals surface area contributed by atoms with Gasteiger partial charge in [0.2, 0.25) is 17.7 Å². The van der Waals surface area contributed by atoms with Gasteiger partial charge in [0.05, 0.1) is 13.2 Å². The summed E-state index contributed by atoms with van der Waals surface area (Å²) in [6.45, 7) is 2.40. The van der Waals surface area contributed by atoms with Crippen molar-refractivity contribution in [2.24, 2.45) is 0 Å². The molecule has 10 nitrogen and oxygen atoms in total. The minimum absolute atomic E-state index is 0.0116. The predicted molar refractivity (Wildman–Crippen MR) is 140 cm³/mol. The van der Waals surface area contributed by atoms with Gasteiger partial charge in [0.1, 0.15) is 0 Å². The van der Waals surface area contributed by atoms with E-state index in [9.17, 15) is 4.79 Å². The summed E-state index contributed by atoms with van der Waals surface area (Å²) >= 11 is 1.61. The van der Waals surface area contributed by atoms with E-state index in [-0.39, 0.29) is 5.82 Å². The molecular weight excluding hydrogens is 464 g/mol. The van der Waals surface area contributed by atoms with Crippen molar-refractivity contribution in [1.29, 1.82) is 5.41 Å². The van der Waals surface area contributed by atoms with Crippen molar-refractivity contribution in [2.75, 3.05) is 54.6 Å². The van der Waals surface area contributed by atoms with Crippen molar-refractivity contribution < 1.29 is 9.53 Å². The average molecular weight is 489 g/mol. The largest absolute Gasteiger partial charge is 0.398 e. The Morgan fingerprint density at radius 2 is 1.97 bits per heavy atom. The molecule has 11 heteroatoms. The molecule has 0 radical (unpaired) electrons. The first-order valence-electron chi connectivity index (χ1n) is 11.1. The summed E-state index contributed by atoms with van der Waals surface area (Å²) in [5.74, 6) is 0.222. The number of amides is 1. The Bertz CT molecular complexity index is 1380. The summed E-state index contributed by atoms with van der Waals surface area (Å²) in [6, 6.07) is 13.6. The fourth-order valence-corrected chi connectivity index (χ4v) is 4.95. The lowest BCUT2D eigenvalue weighted by atomic mass is 10.0. The van der Waals surface area contributed by atoms with E-state index < -0.39 is 5.91 Å². The van der Waals surface area contributed by atoms with Gasteiger partial charge in [0.25, 0.3) is 5.91 Å². The Morgan fingerprint density at radius 3 is 2.71 bits per heavy atom. The smallest absolute Gasteiger partial charge is 0.293 e. The Labute approximate surface area is 205 Å². The van der Waals surface area contributed by atoms with Crippen molar-refractivity contribution >= 4 is 56.8 Å². The SMILES string of the molecule is CNc1nc(C(=O)Nc2cc(C=N)c(N)c(-c3cc4ccccc4s3)c2)nc(N2CCOCC2)n1. The Balaban J connectivity index is 1.48. The van der Waals surface area contributed by atoms with Crippen LogP contribution in [-0.2, 0) is 4.74 Å². The number of anilines is 4. The highest BCUT2D eigenvalue weighted by atomic mass is 32.1. The Morgan fingerprint density at radius 1 is 1.17 bits per heavy atom. The lowest BCUT2D eigenvalue weighted by Crippen LogP contribution is -2.38. The molecule has 0 bridgehead atoms. The molecule has 1 aliphatic heterocycles.